The number of fused-ring (bicyclic) bond motifs is 1. The first-order chi connectivity index (χ1) is 14.3. The molecular weight excluding hydrogens is 377 g/mol. The number of benzene rings is 3. The molecule has 0 atom stereocenters. The minimum atomic E-state index is -2.73. The highest BCUT2D eigenvalue weighted by Crippen LogP contribution is 2.64. The van der Waals surface area contributed by atoms with Gasteiger partial charge in [-0.2, -0.15) is 4.74 Å². The monoisotopic (exact) mass is 403 g/mol. The maximum Gasteiger partial charge on any atom is 0.347 e. The first-order valence-electron chi connectivity index (χ1n) is 10.2. The van der Waals surface area contributed by atoms with Crippen LogP contribution in [0.25, 0.3) is 6.08 Å². The zero-order chi connectivity index (χ0) is 19.9. The summed E-state index contributed by atoms with van der Waals surface area (Å²) in [6.07, 6.45) is 6.59. The molecule has 0 unspecified atom stereocenters. The zero-order valence-corrected chi connectivity index (χ0v) is 17.6. The van der Waals surface area contributed by atoms with Gasteiger partial charge in [0.05, 0.1) is 5.69 Å². The van der Waals surface area contributed by atoms with Gasteiger partial charge in [0.1, 0.15) is 11.5 Å². The molecule has 3 aromatic carbocycles. The van der Waals surface area contributed by atoms with Gasteiger partial charge in [-0.25, -0.2) is 0 Å². The Labute approximate surface area is 173 Å². The lowest BCUT2D eigenvalue weighted by Crippen LogP contribution is -2.07. The lowest BCUT2D eigenvalue weighted by molar-refractivity contribution is 0.480. The molecule has 0 radical (unpaired) electrons. The fourth-order valence-corrected chi connectivity index (χ4v) is 5.87. The zero-order valence-electron chi connectivity index (χ0n) is 16.7. The number of hydrogen-bond acceptors (Lipinski definition) is 3. The summed E-state index contributed by atoms with van der Waals surface area (Å²) in [5.74, 6) is 1.56. The lowest BCUT2D eigenvalue weighted by Gasteiger charge is -2.30. The SMILES string of the molecule is CCCCCC1=Cc2ccccc2N=P1(Oc1ccccc1)Oc1ccccc1. The number of nitrogens with zero attached hydrogens (tertiary/aromatic N) is 1. The van der Waals surface area contributed by atoms with Crippen LogP contribution < -0.4 is 9.05 Å². The predicted molar refractivity (Wildman–Crippen MR) is 122 cm³/mol. The van der Waals surface area contributed by atoms with Crippen molar-refractivity contribution in [2.24, 2.45) is 4.74 Å². The molecule has 1 heterocycles. The Morgan fingerprint density at radius 2 is 1.31 bits per heavy atom. The summed E-state index contributed by atoms with van der Waals surface area (Å²) in [5, 5.41) is 1.15. The van der Waals surface area contributed by atoms with Crippen LogP contribution in [-0.4, -0.2) is 0 Å². The van der Waals surface area contributed by atoms with Crippen molar-refractivity contribution in [3.63, 3.8) is 0 Å². The summed E-state index contributed by atoms with van der Waals surface area (Å²) in [5.41, 5.74) is 2.05. The van der Waals surface area contributed by atoms with E-state index in [2.05, 4.69) is 25.1 Å². The molecule has 3 nitrogen and oxygen atoms in total. The molecule has 0 amide bonds. The van der Waals surface area contributed by atoms with Crippen LogP contribution in [0.15, 0.2) is 95.0 Å². The first-order valence-corrected chi connectivity index (χ1v) is 11.8. The number of rotatable bonds is 8. The summed E-state index contributed by atoms with van der Waals surface area (Å²) in [6, 6.07) is 28.0. The average molecular weight is 403 g/mol. The van der Waals surface area contributed by atoms with Crippen molar-refractivity contribution in [3.8, 4) is 11.5 Å². The van der Waals surface area contributed by atoms with E-state index in [0.29, 0.717) is 0 Å². The van der Waals surface area contributed by atoms with Crippen molar-refractivity contribution in [2.75, 3.05) is 0 Å². The molecule has 0 aromatic heterocycles. The molecule has 0 saturated heterocycles. The summed E-state index contributed by atoms with van der Waals surface area (Å²) in [4.78, 5) is 0. The van der Waals surface area contributed by atoms with E-state index in [0.717, 1.165) is 40.9 Å². The van der Waals surface area contributed by atoms with Gasteiger partial charge >= 0.3 is 7.51 Å². The van der Waals surface area contributed by atoms with E-state index in [1.165, 1.54) is 12.8 Å². The van der Waals surface area contributed by atoms with Gasteiger partial charge in [0, 0.05) is 10.9 Å². The van der Waals surface area contributed by atoms with Gasteiger partial charge in [-0.15, -0.1) is 0 Å². The Hall–Kier alpha value is -2.77. The third kappa shape index (κ3) is 4.63. The van der Waals surface area contributed by atoms with Gasteiger partial charge in [-0.1, -0.05) is 74.4 Å². The molecule has 1 aliphatic heterocycles. The van der Waals surface area contributed by atoms with E-state index >= 15 is 0 Å². The fraction of sp³-hybridized carbons (Fsp3) is 0.200. The van der Waals surface area contributed by atoms with Crippen LogP contribution in [0.3, 0.4) is 0 Å². The van der Waals surface area contributed by atoms with E-state index < -0.39 is 7.51 Å². The molecule has 4 heteroatoms. The van der Waals surface area contributed by atoms with E-state index in [9.17, 15) is 0 Å². The minimum Gasteiger partial charge on any atom is -0.427 e. The second kappa shape index (κ2) is 9.15. The van der Waals surface area contributed by atoms with E-state index in [1.54, 1.807) is 0 Å². The quantitative estimate of drug-likeness (QED) is 0.279. The molecule has 0 aliphatic carbocycles. The van der Waals surface area contributed by atoms with Crippen LogP contribution >= 0.6 is 7.51 Å². The average Bonchev–Trinajstić information content (AvgIpc) is 2.76. The van der Waals surface area contributed by atoms with Crippen molar-refractivity contribution in [1.82, 2.24) is 0 Å². The molecular formula is C25H26NO2P. The smallest absolute Gasteiger partial charge is 0.347 e. The van der Waals surface area contributed by atoms with Crippen LogP contribution in [0.2, 0.25) is 0 Å². The van der Waals surface area contributed by atoms with Gasteiger partial charge in [-0.05, 0) is 49.2 Å². The largest absolute Gasteiger partial charge is 0.427 e. The maximum absolute atomic E-state index is 6.60. The summed E-state index contributed by atoms with van der Waals surface area (Å²) in [6.45, 7) is 2.22. The standard InChI is InChI=1S/C25H26NO2P/c1-2-3-6-18-24-20-21-13-11-12-19-25(21)26-29(24,27-22-14-7-4-8-15-22)28-23-16-9-5-10-17-23/h4-5,7-17,19-20H,2-3,6,18H2,1H3. The number of allylic oxidation sites excluding steroid dienone is 1. The molecule has 0 fully saturated rings. The number of hydrogen-bond donors (Lipinski definition) is 0. The normalized spacial score (nSPS) is 14.3. The fourth-order valence-electron chi connectivity index (χ4n) is 3.36. The van der Waals surface area contributed by atoms with E-state index in [4.69, 9.17) is 13.8 Å². The Morgan fingerprint density at radius 1 is 0.724 bits per heavy atom. The first kappa shape index (κ1) is 19.5. The molecule has 3 aromatic rings. The van der Waals surface area contributed by atoms with Crippen molar-refractivity contribution in [1.29, 1.82) is 0 Å². The molecule has 0 saturated carbocycles. The molecule has 29 heavy (non-hydrogen) atoms. The molecule has 0 N–H and O–H groups in total. The third-order valence-corrected chi connectivity index (χ3v) is 7.32. The van der Waals surface area contributed by atoms with Gasteiger partial charge in [0.25, 0.3) is 0 Å². The highest BCUT2D eigenvalue weighted by atomic mass is 31.2. The Kier molecular flexibility index (Phi) is 6.17. The Morgan fingerprint density at radius 3 is 1.93 bits per heavy atom. The topological polar surface area (TPSA) is 30.8 Å². The predicted octanol–water partition coefficient (Wildman–Crippen LogP) is 8.44. The van der Waals surface area contributed by atoms with Crippen LogP contribution in [0, 0.1) is 0 Å². The second-order valence-electron chi connectivity index (χ2n) is 7.08. The van der Waals surface area contributed by atoms with Crippen molar-refractivity contribution < 1.29 is 9.05 Å². The van der Waals surface area contributed by atoms with Crippen molar-refractivity contribution in [3.05, 3.63) is 95.8 Å². The Bertz CT molecular complexity index is 983. The van der Waals surface area contributed by atoms with E-state index in [-0.39, 0.29) is 0 Å². The van der Waals surface area contributed by atoms with Crippen LogP contribution in [0.1, 0.15) is 38.2 Å². The Balaban J connectivity index is 1.83. The van der Waals surface area contributed by atoms with Crippen LogP contribution in [0.4, 0.5) is 5.69 Å². The molecule has 0 bridgehead atoms. The number of para-hydroxylation sites is 2. The second-order valence-corrected chi connectivity index (χ2v) is 9.26. The minimum absolute atomic E-state index is 0.779. The molecule has 0 spiro atoms. The summed E-state index contributed by atoms with van der Waals surface area (Å²) < 4.78 is 18.3. The summed E-state index contributed by atoms with van der Waals surface area (Å²) >= 11 is 0. The van der Waals surface area contributed by atoms with Gasteiger partial charge in [0.15, 0.2) is 0 Å². The van der Waals surface area contributed by atoms with Crippen molar-refractivity contribution in [2.45, 2.75) is 32.6 Å². The van der Waals surface area contributed by atoms with Gasteiger partial charge < -0.3 is 9.05 Å². The maximum atomic E-state index is 6.60. The van der Waals surface area contributed by atoms with E-state index in [1.807, 2.05) is 72.8 Å². The number of unbranched alkanes of at least 4 members (excludes halogenated alkanes) is 2. The highest BCUT2D eigenvalue weighted by Gasteiger charge is 2.34. The molecule has 1 aliphatic rings. The van der Waals surface area contributed by atoms with Crippen molar-refractivity contribution >= 4 is 19.3 Å². The third-order valence-electron chi connectivity index (χ3n) is 4.84. The lowest BCUT2D eigenvalue weighted by atomic mass is 10.1. The summed E-state index contributed by atoms with van der Waals surface area (Å²) in [7, 11) is -2.73. The molecule has 148 valence electrons. The van der Waals surface area contributed by atoms with Crippen LogP contribution in [0.5, 0.6) is 11.5 Å². The highest BCUT2D eigenvalue weighted by molar-refractivity contribution is 7.62. The van der Waals surface area contributed by atoms with Gasteiger partial charge in [-0.3, -0.25) is 0 Å². The molecule has 4 rings (SSSR count). The van der Waals surface area contributed by atoms with Crippen LogP contribution in [-0.2, 0) is 0 Å². The van der Waals surface area contributed by atoms with Gasteiger partial charge in [0.2, 0.25) is 0 Å².